The second-order valence-electron chi connectivity index (χ2n) is 9.16. The van der Waals surface area contributed by atoms with Crippen molar-refractivity contribution in [1.29, 1.82) is 0 Å². The fourth-order valence-electron chi connectivity index (χ4n) is 3.97. The minimum Gasteiger partial charge on any atom is -0.497 e. The predicted molar refractivity (Wildman–Crippen MR) is 127 cm³/mol. The zero-order valence-corrected chi connectivity index (χ0v) is 20.7. The van der Waals surface area contributed by atoms with E-state index >= 15 is 0 Å². The predicted octanol–water partition coefficient (Wildman–Crippen LogP) is 4.96. The van der Waals surface area contributed by atoms with Crippen LogP contribution in [0.3, 0.4) is 0 Å². The molecule has 6 heteroatoms. The molecule has 0 bridgehead atoms. The van der Waals surface area contributed by atoms with Crippen LogP contribution in [0.2, 0.25) is 0 Å². The first-order valence-electron chi connectivity index (χ1n) is 10.8. The quantitative estimate of drug-likeness (QED) is 0.593. The summed E-state index contributed by atoms with van der Waals surface area (Å²) in [7, 11) is 1.66. The number of aliphatic hydroxyl groups is 1. The fourth-order valence-corrected chi connectivity index (χ4v) is 4.24. The molecule has 2 aromatic rings. The molecule has 0 aromatic heterocycles. The average Bonchev–Trinajstić information content (AvgIpc) is 2.74. The molecule has 1 aliphatic rings. The molecule has 1 heterocycles. The van der Waals surface area contributed by atoms with Crippen LogP contribution < -0.4 is 9.47 Å². The lowest BCUT2D eigenvalue weighted by Gasteiger charge is -2.40. The van der Waals surface area contributed by atoms with Gasteiger partial charge < -0.3 is 19.3 Å². The van der Waals surface area contributed by atoms with E-state index in [1.165, 1.54) is 0 Å². The average molecular weight is 492 g/mol. The first kappa shape index (κ1) is 24.1. The van der Waals surface area contributed by atoms with Gasteiger partial charge in [-0.15, -0.1) is 0 Å². The van der Waals surface area contributed by atoms with Gasteiger partial charge in [0.1, 0.15) is 24.2 Å². The van der Waals surface area contributed by atoms with Crippen LogP contribution in [-0.4, -0.2) is 55.6 Å². The summed E-state index contributed by atoms with van der Waals surface area (Å²) < 4.78 is 18.5. The summed E-state index contributed by atoms with van der Waals surface area (Å²) in [5.74, 6) is 1.59. The molecule has 2 aromatic carbocycles. The number of β-amino-alcohol motifs (C(OH)–C–C–N with tert-alkyl or cyclic N) is 1. The summed E-state index contributed by atoms with van der Waals surface area (Å²) in [5.41, 5.74) is 2.12. The largest absolute Gasteiger partial charge is 0.497 e. The maximum Gasteiger partial charge on any atom is 0.123 e. The summed E-state index contributed by atoms with van der Waals surface area (Å²) in [6.07, 6.45) is -0.606. The monoisotopic (exact) mass is 491 g/mol. The third-order valence-corrected chi connectivity index (χ3v) is 6.29. The lowest BCUT2D eigenvalue weighted by Crippen LogP contribution is -2.49. The molecule has 0 radical (unpaired) electrons. The Bertz CT molecular complexity index is 850. The number of morpholine rings is 1. The van der Waals surface area contributed by atoms with Crippen molar-refractivity contribution in [3.8, 4) is 11.5 Å². The highest BCUT2D eigenvalue weighted by Crippen LogP contribution is 2.34. The van der Waals surface area contributed by atoms with Gasteiger partial charge in [0.15, 0.2) is 0 Å². The zero-order valence-electron chi connectivity index (χ0n) is 19.1. The second-order valence-corrected chi connectivity index (χ2v) is 10.1. The molecule has 31 heavy (non-hydrogen) atoms. The zero-order chi connectivity index (χ0) is 22.6. The number of hydrogen-bond donors (Lipinski definition) is 1. The number of methoxy groups -OCH3 is 1. The molecule has 3 rings (SSSR count). The number of aliphatic hydroxyl groups excluding tert-OH is 1. The van der Waals surface area contributed by atoms with Gasteiger partial charge in [-0.2, -0.15) is 0 Å². The summed E-state index contributed by atoms with van der Waals surface area (Å²) >= 11 is 3.49. The van der Waals surface area contributed by atoms with Gasteiger partial charge in [-0.3, -0.25) is 4.90 Å². The van der Waals surface area contributed by atoms with Crippen LogP contribution in [0, 0.1) is 0 Å². The van der Waals surface area contributed by atoms with Crippen LogP contribution >= 0.6 is 15.9 Å². The van der Waals surface area contributed by atoms with E-state index in [-0.39, 0.29) is 24.2 Å². The molecule has 1 N–H and O–H groups in total. The topological polar surface area (TPSA) is 51.2 Å². The Morgan fingerprint density at radius 1 is 1.19 bits per heavy atom. The Morgan fingerprint density at radius 3 is 2.55 bits per heavy atom. The summed E-state index contributed by atoms with van der Waals surface area (Å²) in [6.45, 7) is 10.8. The number of benzene rings is 2. The standard InChI is InChI=1S/C25H34BrNO4/c1-17-24(18-6-8-19(26)9-7-18)30-13-12-27(17)15-20(28)16-31-23-11-10-21(29-5)14-22(23)25(2,3)4/h6-11,14,17,20,24,28H,12-13,15-16H2,1-5H3. The van der Waals surface area contributed by atoms with Crippen molar-refractivity contribution in [2.24, 2.45) is 0 Å². The Hall–Kier alpha value is -1.60. The summed E-state index contributed by atoms with van der Waals surface area (Å²) in [5, 5.41) is 10.7. The first-order valence-corrected chi connectivity index (χ1v) is 11.6. The van der Waals surface area contributed by atoms with Crippen molar-refractivity contribution in [2.45, 2.75) is 51.4 Å². The molecular weight excluding hydrogens is 458 g/mol. The SMILES string of the molecule is COc1ccc(OCC(O)CN2CCOC(c3ccc(Br)cc3)C2C)c(C(C)(C)C)c1. The van der Waals surface area contributed by atoms with Gasteiger partial charge in [0, 0.05) is 29.2 Å². The third-order valence-electron chi connectivity index (χ3n) is 5.76. The van der Waals surface area contributed by atoms with E-state index in [0.717, 1.165) is 33.6 Å². The minimum atomic E-state index is -0.596. The van der Waals surface area contributed by atoms with Gasteiger partial charge >= 0.3 is 0 Å². The molecular formula is C25H34BrNO4. The van der Waals surface area contributed by atoms with Gasteiger partial charge in [0.2, 0.25) is 0 Å². The van der Waals surface area contributed by atoms with Gasteiger partial charge in [0.05, 0.1) is 19.8 Å². The molecule has 3 unspecified atom stereocenters. The maximum absolute atomic E-state index is 10.7. The van der Waals surface area contributed by atoms with Crippen molar-refractivity contribution in [3.05, 3.63) is 58.1 Å². The van der Waals surface area contributed by atoms with E-state index in [2.05, 4.69) is 60.7 Å². The van der Waals surface area contributed by atoms with Crippen LogP contribution in [0.25, 0.3) is 0 Å². The summed E-state index contributed by atoms with van der Waals surface area (Å²) in [6, 6.07) is 14.2. The highest BCUT2D eigenvalue weighted by Gasteiger charge is 2.31. The Morgan fingerprint density at radius 2 is 1.90 bits per heavy atom. The highest BCUT2D eigenvalue weighted by molar-refractivity contribution is 9.10. The van der Waals surface area contributed by atoms with Crippen molar-refractivity contribution < 1.29 is 19.3 Å². The first-order chi connectivity index (χ1) is 14.7. The lowest BCUT2D eigenvalue weighted by atomic mass is 9.86. The van der Waals surface area contributed by atoms with E-state index in [0.29, 0.717) is 13.2 Å². The Labute approximate surface area is 194 Å². The van der Waals surface area contributed by atoms with E-state index in [1.807, 2.05) is 30.3 Å². The van der Waals surface area contributed by atoms with Gasteiger partial charge in [0.25, 0.3) is 0 Å². The minimum absolute atomic E-state index is 0.0101. The lowest BCUT2D eigenvalue weighted by molar-refractivity contribution is -0.0805. The van der Waals surface area contributed by atoms with Crippen molar-refractivity contribution in [3.63, 3.8) is 0 Å². The van der Waals surface area contributed by atoms with Crippen molar-refractivity contribution in [1.82, 2.24) is 4.90 Å². The maximum atomic E-state index is 10.7. The molecule has 1 fully saturated rings. The van der Waals surface area contributed by atoms with E-state index in [4.69, 9.17) is 14.2 Å². The molecule has 0 saturated carbocycles. The summed E-state index contributed by atoms with van der Waals surface area (Å²) in [4.78, 5) is 2.28. The number of rotatable bonds is 7. The Kier molecular flexibility index (Phi) is 8.03. The molecule has 1 aliphatic heterocycles. The number of hydrogen-bond acceptors (Lipinski definition) is 5. The molecule has 1 saturated heterocycles. The van der Waals surface area contributed by atoms with Gasteiger partial charge in [-0.25, -0.2) is 0 Å². The van der Waals surface area contributed by atoms with Gasteiger partial charge in [-0.05, 0) is 48.2 Å². The van der Waals surface area contributed by atoms with Crippen LogP contribution in [0.15, 0.2) is 46.9 Å². The smallest absolute Gasteiger partial charge is 0.123 e. The Balaban J connectivity index is 1.62. The highest BCUT2D eigenvalue weighted by atomic mass is 79.9. The van der Waals surface area contributed by atoms with Crippen molar-refractivity contribution in [2.75, 3.05) is 33.4 Å². The third kappa shape index (κ3) is 6.22. The normalized spacial score (nSPS) is 21.0. The molecule has 0 amide bonds. The van der Waals surface area contributed by atoms with Crippen molar-refractivity contribution >= 4 is 15.9 Å². The molecule has 0 spiro atoms. The fraction of sp³-hybridized carbons (Fsp3) is 0.520. The van der Waals surface area contributed by atoms with Crippen LogP contribution in [0.5, 0.6) is 11.5 Å². The number of nitrogens with zero attached hydrogens (tertiary/aromatic N) is 1. The van der Waals surface area contributed by atoms with E-state index in [9.17, 15) is 5.11 Å². The second kappa shape index (κ2) is 10.3. The molecule has 5 nitrogen and oxygen atoms in total. The number of halogens is 1. The molecule has 170 valence electrons. The van der Waals surface area contributed by atoms with Gasteiger partial charge in [-0.1, -0.05) is 48.8 Å². The van der Waals surface area contributed by atoms with Crippen LogP contribution in [-0.2, 0) is 10.2 Å². The van der Waals surface area contributed by atoms with E-state index in [1.54, 1.807) is 7.11 Å². The molecule has 0 aliphatic carbocycles. The van der Waals surface area contributed by atoms with Crippen LogP contribution in [0.1, 0.15) is 44.9 Å². The molecule has 3 atom stereocenters. The van der Waals surface area contributed by atoms with Crippen LogP contribution in [0.4, 0.5) is 0 Å². The number of ether oxygens (including phenoxy) is 3. The van der Waals surface area contributed by atoms with E-state index < -0.39 is 6.10 Å².